The summed E-state index contributed by atoms with van der Waals surface area (Å²) in [5.41, 5.74) is -0.108. The van der Waals surface area contributed by atoms with Gasteiger partial charge < -0.3 is 14.7 Å². The Morgan fingerprint density at radius 2 is 1.64 bits per heavy atom. The van der Waals surface area contributed by atoms with Crippen molar-refractivity contribution in [3.05, 3.63) is 24.3 Å². The van der Waals surface area contributed by atoms with Crippen molar-refractivity contribution in [2.24, 2.45) is 11.3 Å². The van der Waals surface area contributed by atoms with Gasteiger partial charge in [0.1, 0.15) is 5.69 Å². The fourth-order valence-corrected chi connectivity index (χ4v) is 3.80. The summed E-state index contributed by atoms with van der Waals surface area (Å²) in [5, 5.41) is 0. The maximum absolute atomic E-state index is 13.0. The Labute approximate surface area is 165 Å². The highest BCUT2D eigenvalue weighted by Gasteiger charge is 2.36. The van der Waals surface area contributed by atoms with Crippen LogP contribution in [-0.4, -0.2) is 81.7 Å². The van der Waals surface area contributed by atoms with Crippen LogP contribution in [0.1, 0.15) is 44.1 Å². The number of carbonyl (C=O) groups is 3. The predicted octanol–water partition coefficient (Wildman–Crippen LogP) is 1.05. The molecule has 2 saturated heterocycles. The second-order valence-electron chi connectivity index (χ2n) is 8.55. The lowest BCUT2D eigenvalue weighted by Crippen LogP contribution is -2.54. The predicted molar refractivity (Wildman–Crippen MR) is 103 cm³/mol. The first-order valence-corrected chi connectivity index (χ1v) is 9.91. The number of carbonyl (C=O) groups excluding carboxylic acids is 3. The van der Waals surface area contributed by atoms with Crippen LogP contribution in [0.15, 0.2) is 18.6 Å². The van der Waals surface area contributed by atoms with E-state index in [-0.39, 0.29) is 23.6 Å². The summed E-state index contributed by atoms with van der Waals surface area (Å²) in [6, 6.07) is 0. The number of hydrogen-bond acceptors (Lipinski definition) is 5. The van der Waals surface area contributed by atoms with Gasteiger partial charge in [0.25, 0.3) is 5.91 Å². The van der Waals surface area contributed by atoms with Gasteiger partial charge in [0, 0.05) is 57.1 Å². The number of piperidine rings is 1. The fourth-order valence-electron chi connectivity index (χ4n) is 3.80. The Morgan fingerprint density at radius 3 is 2.25 bits per heavy atom. The number of aromatic nitrogens is 2. The van der Waals surface area contributed by atoms with Gasteiger partial charge in [-0.05, 0) is 12.8 Å². The van der Waals surface area contributed by atoms with E-state index >= 15 is 0 Å². The van der Waals surface area contributed by atoms with E-state index in [2.05, 4.69) is 9.97 Å². The highest BCUT2D eigenvalue weighted by atomic mass is 16.2. The zero-order valence-electron chi connectivity index (χ0n) is 16.9. The summed E-state index contributed by atoms with van der Waals surface area (Å²) in [5.74, 6) is -0.107. The summed E-state index contributed by atoms with van der Waals surface area (Å²) in [4.78, 5) is 51.4. The lowest BCUT2D eigenvalue weighted by Gasteiger charge is -2.40. The molecule has 152 valence electrons. The molecule has 3 amide bonds. The summed E-state index contributed by atoms with van der Waals surface area (Å²) >= 11 is 0. The second-order valence-corrected chi connectivity index (χ2v) is 8.55. The highest BCUT2D eigenvalue weighted by Crippen LogP contribution is 2.25. The van der Waals surface area contributed by atoms with Gasteiger partial charge in [-0.25, -0.2) is 4.98 Å². The molecule has 0 bridgehead atoms. The van der Waals surface area contributed by atoms with E-state index in [4.69, 9.17) is 0 Å². The van der Waals surface area contributed by atoms with Gasteiger partial charge in [0.15, 0.2) is 0 Å². The first-order chi connectivity index (χ1) is 13.3. The van der Waals surface area contributed by atoms with Gasteiger partial charge in [0.2, 0.25) is 11.8 Å². The van der Waals surface area contributed by atoms with E-state index in [0.717, 1.165) is 19.4 Å². The number of rotatable bonds is 2. The van der Waals surface area contributed by atoms with Crippen molar-refractivity contribution < 1.29 is 14.4 Å². The quantitative estimate of drug-likeness (QED) is 0.757. The van der Waals surface area contributed by atoms with Gasteiger partial charge in [-0.1, -0.05) is 20.8 Å². The van der Waals surface area contributed by atoms with Crippen LogP contribution in [0, 0.1) is 11.3 Å². The standard InChI is InChI=1S/C20H29N5O3/c1-20(2,3)19(28)25-8-4-5-15(14-25)17(26)23-9-11-24(12-10-23)18(27)16-13-21-6-7-22-16/h6-7,13,15H,4-5,8-12,14H2,1-3H3. The first kappa shape index (κ1) is 20.2. The number of amides is 3. The molecule has 2 fully saturated rings. The lowest BCUT2D eigenvalue weighted by atomic mass is 9.90. The molecule has 2 aliphatic rings. The van der Waals surface area contributed by atoms with E-state index in [0.29, 0.717) is 38.4 Å². The van der Waals surface area contributed by atoms with Crippen molar-refractivity contribution in [3.8, 4) is 0 Å². The molecular formula is C20H29N5O3. The third kappa shape index (κ3) is 4.48. The van der Waals surface area contributed by atoms with Crippen molar-refractivity contribution in [1.82, 2.24) is 24.7 Å². The molecule has 3 heterocycles. The third-order valence-electron chi connectivity index (χ3n) is 5.36. The summed E-state index contributed by atoms with van der Waals surface area (Å²) in [6.07, 6.45) is 6.16. The molecule has 0 radical (unpaired) electrons. The molecule has 0 aromatic carbocycles. The van der Waals surface area contributed by atoms with E-state index in [9.17, 15) is 14.4 Å². The Morgan fingerprint density at radius 1 is 0.964 bits per heavy atom. The number of nitrogens with zero attached hydrogens (tertiary/aromatic N) is 5. The molecule has 8 nitrogen and oxygen atoms in total. The molecule has 1 unspecified atom stereocenters. The molecule has 8 heteroatoms. The van der Waals surface area contributed by atoms with Crippen LogP contribution in [0.5, 0.6) is 0 Å². The van der Waals surface area contributed by atoms with Gasteiger partial charge >= 0.3 is 0 Å². The van der Waals surface area contributed by atoms with Crippen LogP contribution in [-0.2, 0) is 9.59 Å². The van der Waals surface area contributed by atoms with E-state index in [1.807, 2.05) is 30.6 Å². The Hall–Kier alpha value is -2.51. The minimum absolute atomic E-state index is 0.0954. The normalized spacial score (nSPS) is 20.8. The van der Waals surface area contributed by atoms with Crippen molar-refractivity contribution in [2.75, 3.05) is 39.3 Å². The highest BCUT2D eigenvalue weighted by molar-refractivity contribution is 5.92. The lowest BCUT2D eigenvalue weighted by molar-refractivity contribution is -0.146. The minimum atomic E-state index is -0.433. The monoisotopic (exact) mass is 387 g/mol. The molecule has 0 N–H and O–H groups in total. The average Bonchev–Trinajstić information content (AvgIpc) is 2.72. The van der Waals surface area contributed by atoms with Crippen LogP contribution in [0.4, 0.5) is 0 Å². The van der Waals surface area contributed by atoms with Crippen LogP contribution >= 0.6 is 0 Å². The van der Waals surface area contributed by atoms with Crippen molar-refractivity contribution in [1.29, 1.82) is 0 Å². The summed E-state index contributed by atoms with van der Waals surface area (Å²) in [7, 11) is 0. The molecule has 2 aliphatic heterocycles. The van der Waals surface area contributed by atoms with Gasteiger partial charge in [-0.15, -0.1) is 0 Å². The third-order valence-corrected chi connectivity index (χ3v) is 5.36. The second kappa shape index (κ2) is 8.24. The van der Waals surface area contributed by atoms with Crippen molar-refractivity contribution >= 4 is 17.7 Å². The topological polar surface area (TPSA) is 86.7 Å². The van der Waals surface area contributed by atoms with Crippen molar-refractivity contribution in [2.45, 2.75) is 33.6 Å². The van der Waals surface area contributed by atoms with Crippen LogP contribution < -0.4 is 0 Å². The number of hydrogen-bond donors (Lipinski definition) is 0. The maximum Gasteiger partial charge on any atom is 0.274 e. The van der Waals surface area contributed by atoms with Gasteiger partial charge in [0.05, 0.1) is 12.1 Å². The molecule has 0 spiro atoms. The largest absolute Gasteiger partial charge is 0.341 e. The Kier molecular flexibility index (Phi) is 5.96. The summed E-state index contributed by atoms with van der Waals surface area (Å²) in [6.45, 7) is 8.93. The smallest absolute Gasteiger partial charge is 0.274 e. The Bertz CT molecular complexity index is 723. The zero-order valence-corrected chi connectivity index (χ0v) is 16.9. The van der Waals surface area contributed by atoms with Crippen LogP contribution in [0.2, 0.25) is 0 Å². The zero-order chi connectivity index (χ0) is 20.3. The van der Waals surface area contributed by atoms with Crippen LogP contribution in [0.3, 0.4) is 0 Å². The molecule has 1 atom stereocenters. The SMILES string of the molecule is CC(C)(C)C(=O)N1CCCC(C(=O)N2CCN(C(=O)c3cnccn3)CC2)C1. The molecule has 1 aromatic rings. The molecule has 28 heavy (non-hydrogen) atoms. The maximum atomic E-state index is 13.0. The molecule has 0 aliphatic carbocycles. The average molecular weight is 387 g/mol. The Balaban J connectivity index is 1.55. The minimum Gasteiger partial charge on any atom is -0.341 e. The fraction of sp³-hybridized carbons (Fsp3) is 0.650. The van der Waals surface area contributed by atoms with Gasteiger partial charge in [-0.2, -0.15) is 0 Å². The molecule has 3 rings (SSSR count). The first-order valence-electron chi connectivity index (χ1n) is 9.91. The number of likely N-dealkylation sites (tertiary alicyclic amines) is 1. The van der Waals surface area contributed by atoms with E-state index in [1.54, 1.807) is 4.90 Å². The van der Waals surface area contributed by atoms with Crippen molar-refractivity contribution in [3.63, 3.8) is 0 Å². The molecule has 1 aromatic heterocycles. The summed E-state index contributed by atoms with van der Waals surface area (Å²) < 4.78 is 0. The van der Waals surface area contributed by atoms with E-state index < -0.39 is 5.41 Å². The number of piperazine rings is 1. The van der Waals surface area contributed by atoms with E-state index in [1.165, 1.54) is 18.6 Å². The molecular weight excluding hydrogens is 358 g/mol. The molecule has 0 saturated carbocycles. The van der Waals surface area contributed by atoms with Crippen LogP contribution in [0.25, 0.3) is 0 Å². The van der Waals surface area contributed by atoms with Gasteiger partial charge in [-0.3, -0.25) is 19.4 Å².